The molecule has 23 heavy (non-hydrogen) atoms. The van der Waals surface area contributed by atoms with Crippen molar-refractivity contribution in [2.24, 2.45) is 11.8 Å². The number of carbonyl (C=O) groups excluding carboxylic acids is 2. The van der Waals surface area contributed by atoms with E-state index in [-0.39, 0.29) is 35.6 Å². The van der Waals surface area contributed by atoms with Crippen molar-refractivity contribution in [1.82, 2.24) is 0 Å². The monoisotopic (exact) mass is 306 g/mol. The second-order valence-corrected chi connectivity index (χ2v) is 6.40. The Hall–Kier alpha value is -2.42. The summed E-state index contributed by atoms with van der Waals surface area (Å²) in [4.78, 5) is 24.7. The van der Waals surface area contributed by atoms with Gasteiger partial charge in [0.05, 0.1) is 11.8 Å². The van der Waals surface area contributed by atoms with Gasteiger partial charge in [0, 0.05) is 0 Å². The van der Waals surface area contributed by atoms with Crippen LogP contribution in [0.15, 0.2) is 60.7 Å². The van der Waals surface area contributed by atoms with Crippen molar-refractivity contribution in [3.63, 3.8) is 0 Å². The summed E-state index contributed by atoms with van der Waals surface area (Å²) in [5.41, 5.74) is 2.25. The summed E-state index contributed by atoms with van der Waals surface area (Å²) < 4.78 is 5.03. The molecule has 1 aliphatic heterocycles. The molecule has 2 aliphatic rings. The van der Waals surface area contributed by atoms with Gasteiger partial charge in [-0.25, -0.2) is 0 Å². The van der Waals surface area contributed by atoms with Gasteiger partial charge < -0.3 is 4.74 Å². The zero-order valence-electron chi connectivity index (χ0n) is 12.7. The van der Waals surface area contributed by atoms with Crippen molar-refractivity contribution >= 4 is 11.9 Å². The summed E-state index contributed by atoms with van der Waals surface area (Å²) in [5, 5.41) is 0. The molecular weight excluding hydrogens is 288 g/mol. The van der Waals surface area contributed by atoms with Crippen molar-refractivity contribution in [2.75, 3.05) is 0 Å². The highest BCUT2D eigenvalue weighted by atomic mass is 16.6. The number of esters is 2. The number of benzene rings is 2. The fourth-order valence-electron chi connectivity index (χ4n) is 4.22. The highest BCUT2D eigenvalue weighted by molar-refractivity contribution is 5.97. The molecule has 1 aliphatic carbocycles. The lowest BCUT2D eigenvalue weighted by molar-refractivity contribution is -0.153. The Bertz CT molecular complexity index is 660. The van der Waals surface area contributed by atoms with Gasteiger partial charge in [-0.05, 0) is 35.8 Å². The van der Waals surface area contributed by atoms with Crippen LogP contribution in [-0.2, 0) is 14.3 Å². The second kappa shape index (κ2) is 5.65. The van der Waals surface area contributed by atoms with Gasteiger partial charge in [-0.1, -0.05) is 60.7 Å². The van der Waals surface area contributed by atoms with Crippen LogP contribution in [0.2, 0.25) is 0 Å². The lowest BCUT2D eigenvalue weighted by Gasteiger charge is -2.36. The molecule has 1 heterocycles. The maximum absolute atomic E-state index is 12.3. The molecule has 2 aromatic rings. The molecule has 1 saturated carbocycles. The van der Waals surface area contributed by atoms with Crippen LogP contribution in [-0.4, -0.2) is 11.9 Å². The van der Waals surface area contributed by atoms with E-state index in [1.54, 1.807) is 0 Å². The Morgan fingerprint density at radius 3 is 1.43 bits per heavy atom. The standard InChI is InChI=1S/C20H18O3/c21-19-17-15(13-7-3-1-4-8-13)11-12-16(18(17)20(22)23-19)14-9-5-2-6-10-14/h1-10,15-18H,11-12H2. The molecule has 3 heteroatoms. The lowest BCUT2D eigenvalue weighted by Crippen LogP contribution is -2.34. The maximum Gasteiger partial charge on any atom is 0.318 e. The van der Waals surface area contributed by atoms with Crippen molar-refractivity contribution < 1.29 is 14.3 Å². The smallest absolute Gasteiger partial charge is 0.318 e. The largest absolute Gasteiger partial charge is 0.393 e. The first kappa shape index (κ1) is 14.2. The normalized spacial score (nSPS) is 29.9. The molecule has 3 nitrogen and oxygen atoms in total. The summed E-state index contributed by atoms with van der Waals surface area (Å²) in [5.74, 6) is -1.28. The minimum absolute atomic E-state index is 0.0695. The maximum atomic E-state index is 12.3. The van der Waals surface area contributed by atoms with E-state index >= 15 is 0 Å². The summed E-state index contributed by atoms with van der Waals surface area (Å²) in [7, 11) is 0. The number of rotatable bonds is 2. The van der Waals surface area contributed by atoms with Crippen LogP contribution in [0.25, 0.3) is 0 Å². The van der Waals surface area contributed by atoms with E-state index in [2.05, 4.69) is 0 Å². The topological polar surface area (TPSA) is 43.4 Å². The lowest BCUT2D eigenvalue weighted by atomic mass is 9.64. The van der Waals surface area contributed by atoms with Crippen molar-refractivity contribution in [3.8, 4) is 0 Å². The van der Waals surface area contributed by atoms with E-state index in [0.29, 0.717) is 0 Å². The van der Waals surface area contributed by atoms with Crippen molar-refractivity contribution in [3.05, 3.63) is 71.8 Å². The Labute approximate surface area is 135 Å². The fraction of sp³-hybridized carbons (Fsp3) is 0.300. The predicted molar refractivity (Wildman–Crippen MR) is 85.7 cm³/mol. The molecule has 4 rings (SSSR count). The van der Waals surface area contributed by atoms with E-state index in [0.717, 1.165) is 24.0 Å². The van der Waals surface area contributed by atoms with E-state index in [4.69, 9.17) is 4.74 Å². The molecule has 0 aromatic heterocycles. The highest BCUT2D eigenvalue weighted by Crippen LogP contribution is 2.51. The number of carbonyl (C=O) groups is 2. The molecule has 4 unspecified atom stereocenters. The molecule has 0 bridgehead atoms. The molecule has 116 valence electrons. The predicted octanol–water partition coefficient (Wildman–Crippen LogP) is 3.66. The quantitative estimate of drug-likeness (QED) is 0.628. The Kier molecular flexibility index (Phi) is 3.49. The minimum atomic E-state index is -0.358. The SMILES string of the molecule is O=C1OC(=O)C2C(c3ccccc3)CCC(c3ccccc3)C12. The first-order chi connectivity index (χ1) is 11.3. The zero-order valence-corrected chi connectivity index (χ0v) is 12.7. The Balaban J connectivity index is 1.73. The van der Waals surface area contributed by atoms with E-state index in [1.807, 2.05) is 60.7 Å². The Morgan fingerprint density at radius 2 is 1.04 bits per heavy atom. The molecular formula is C20H18O3. The molecule has 0 amide bonds. The number of ether oxygens (including phenoxy) is 1. The number of hydrogen-bond acceptors (Lipinski definition) is 3. The highest BCUT2D eigenvalue weighted by Gasteiger charge is 2.54. The number of fused-ring (bicyclic) bond motifs is 1. The van der Waals surface area contributed by atoms with Crippen LogP contribution >= 0.6 is 0 Å². The van der Waals surface area contributed by atoms with Gasteiger partial charge in [0.2, 0.25) is 0 Å². The Morgan fingerprint density at radius 1 is 0.652 bits per heavy atom. The third kappa shape index (κ3) is 2.37. The third-order valence-electron chi connectivity index (χ3n) is 5.24. The molecule has 0 N–H and O–H groups in total. The van der Waals surface area contributed by atoms with Gasteiger partial charge in [-0.15, -0.1) is 0 Å². The van der Waals surface area contributed by atoms with Crippen LogP contribution in [0, 0.1) is 11.8 Å². The van der Waals surface area contributed by atoms with Gasteiger partial charge in [0.1, 0.15) is 0 Å². The minimum Gasteiger partial charge on any atom is -0.393 e. The first-order valence-corrected chi connectivity index (χ1v) is 8.11. The molecule has 0 radical (unpaired) electrons. The summed E-state index contributed by atoms with van der Waals surface area (Å²) >= 11 is 0. The van der Waals surface area contributed by atoms with Crippen LogP contribution in [0.3, 0.4) is 0 Å². The van der Waals surface area contributed by atoms with Gasteiger partial charge in [0.25, 0.3) is 0 Å². The van der Waals surface area contributed by atoms with Gasteiger partial charge in [0.15, 0.2) is 0 Å². The summed E-state index contributed by atoms with van der Waals surface area (Å²) in [6.45, 7) is 0. The van der Waals surface area contributed by atoms with Crippen LogP contribution < -0.4 is 0 Å². The van der Waals surface area contributed by atoms with E-state index < -0.39 is 0 Å². The molecule has 4 atom stereocenters. The van der Waals surface area contributed by atoms with Gasteiger partial charge >= 0.3 is 11.9 Å². The molecule has 0 spiro atoms. The van der Waals surface area contributed by atoms with E-state index in [9.17, 15) is 9.59 Å². The molecule has 2 aromatic carbocycles. The number of hydrogen-bond donors (Lipinski definition) is 0. The average molecular weight is 306 g/mol. The van der Waals surface area contributed by atoms with Crippen LogP contribution in [0.1, 0.15) is 35.8 Å². The average Bonchev–Trinajstić information content (AvgIpc) is 2.91. The molecule has 2 fully saturated rings. The summed E-state index contributed by atoms with van der Waals surface area (Å²) in [6, 6.07) is 20.0. The van der Waals surface area contributed by atoms with Crippen LogP contribution in [0.4, 0.5) is 0 Å². The summed E-state index contributed by atoms with van der Waals surface area (Å²) in [6.07, 6.45) is 1.79. The van der Waals surface area contributed by atoms with Gasteiger partial charge in [-0.3, -0.25) is 9.59 Å². The third-order valence-corrected chi connectivity index (χ3v) is 5.24. The van der Waals surface area contributed by atoms with Crippen molar-refractivity contribution in [1.29, 1.82) is 0 Å². The number of cyclic esters (lactones) is 2. The molecule has 1 saturated heterocycles. The van der Waals surface area contributed by atoms with Crippen molar-refractivity contribution in [2.45, 2.75) is 24.7 Å². The second-order valence-electron chi connectivity index (χ2n) is 6.40. The fourth-order valence-corrected chi connectivity index (χ4v) is 4.22. The van der Waals surface area contributed by atoms with E-state index in [1.165, 1.54) is 0 Å². The van der Waals surface area contributed by atoms with Gasteiger partial charge in [-0.2, -0.15) is 0 Å². The van der Waals surface area contributed by atoms with Crippen LogP contribution in [0.5, 0.6) is 0 Å². The zero-order chi connectivity index (χ0) is 15.8. The first-order valence-electron chi connectivity index (χ1n) is 8.11.